The molecule has 0 saturated heterocycles. The van der Waals surface area contributed by atoms with Crippen molar-refractivity contribution in [2.75, 3.05) is 26.7 Å². The minimum atomic E-state index is -0.417. The topological polar surface area (TPSA) is 49.5 Å². The Hall–Kier alpha value is -0.900. The molecule has 1 aromatic carbocycles. The van der Waals surface area contributed by atoms with E-state index in [1.165, 1.54) is 16.7 Å². The first kappa shape index (κ1) is 14.2. The van der Waals surface area contributed by atoms with Crippen molar-refractivity contribution in [1.82, 2.24) is 4.90 Å². The van der Waals surface area contributed by atoms with E-state index in [2.05, 4.69) is 36.9 Å². The minimum Gasteiger partial charge on any atom is -0.390 e. The van der Waals surface area contributed by atoms with Gasteiger partial charge in [-0.3, -0.25) is 0 Å². The van der Waals surface area contributed by atoms with E-state index >= 15 is 0 Å². The molecule has 0 radical (unpaired) electrons. The van der Waals surface area contributed by atoms with Gasteiger partial charge >= 0.3 is 0 Å². The van der Waals surface area contributed by atoms with Crippen molar-refractivity contribution in [3.63, 3.8) is 0 Å². The van der Waals surface area contributed by atoms with Crippen LogP contribution in [-0.2, 0) is 6.42 Å². The SMILES string of the molecule is Cc1ccc(CCN(C)CC(O)CN)c(C)c1. The molecule has 0 aliphatic heterocycles. The van der Waals surface area contributed by atoms with Crippen LogP contribution in [0.15, 0.2) is 18.2 Å². The number of hydrogen-bond acceptors (Lipinski definition) is 3. The molecule has 1 unspecified atom stereocenters. The zero-order chi connectivity index (χ0) is 12.8. The predicted octanol–water partition coefficient (Wildman–Crippen LogP) is 1.10. The molecule has 17 heavy (non-hydrogen) atoms. The first-order chi connectivity index (χ1) is 8.02. The summed E-state index contributed by atoms with van der Waals surface area (Å²) in [6, 6.07) is 6.55. The fraction of sp³-hybridized carbons (Fsp3) is 0.571. The summed E-state index contributed by atoms with van der Waals surface area (Å²) in [5.74, 6) is 0. The highest BCUT2D eigenvalue weighted by Crippen LogP contribution is 2.11. The van der Waals surface area contributed by atoms with Gasteiger partial charge in [0.2, 0.25) is 0 Å². The highest BCUT2D eigenvalue weighted by Gasteiger charge is 2.06. The zero-order valence-electron chi connectivity index (χ0n) is 11.1. The van der Waals surface area contributed by atoms with Crippen molar-refractivity contribution in [2.24, 2.45) is 5.73 Å². The van der Waals surface area contributed by atoms with Crippen molar-refractivity contribution in [1.29, 1.82) is 0 Å². The average molecular weight is 236 g/mol. The number of likely N-dealkylation sites (N-methyl/N-ethyl adjacent to an activating group) is 1. The summed E-state index contributed by atoms with van der Waals surface area (Å²) in [6.45, 7) is 6.17. The van der Waals surface area contributed by atoms with E-state index < -0.39 is 6.10 Å². The molecule has 0 amide bonds. The molecular weight excluding hydrogens is 212 g/mol. The van der Waals surface area contributed by atoms with Gasteiger partial charge in [-0.25, -0.2) is 0 Å². The molecule has 0 saturated carbocycles. The monoisotopic (exact) mass is 236 g/mol. The lowest BCUT2D eigenvalue weighted by atomic mass is 10.0. The molecule has 0 aliphatic carbocycles. The summed E-state index contributed by atoms with van der Waals surface area (Å²) < 4.78 is 0. The molecule has 3 N–H and O–H groups in total. The molecule has 0 bridgehead atoms. The predicted molar refractivity (Wildman–Crippen MR) is 72.2 cm³/mol. The number of benzene rings is 1. The third kappa shape index (κ3) is 4.86. The van der Waals surface area contributed by atoms with E-state index in [1.54, 1.807) is 0 Å². The first-order valence-electron chi connectivity index (χ1n) is 6.15. The smallest absolute Gasteiger partial charge is 0.0788 e. The summed E-state index contributed by atoms with van der Waals surface area (Å²) in [7, 11) is 2.02. The maximum Gasteiger partial charge on any atom is 0.0788 e. The van der Waals surface area contributed by atoms with E-state index in [0.717, 1.165) is 13.0 Å². The van der Waals surface area contributed by atoms with Gasteiger partial charge in [-0.1, -0.05) is 23.8 Å². The number of rotatable bonds is 6. The Kier molecular flexibility index (Phi) is 5.62. The minimum absolute atomic E-state index is 0.327. The molecule has 0 aliphatic rings. The maximum atomic E-state index is 9.45. The van der Waals surface area contributed by atoms with Crippen LogP contribution >= 0.6 is 0 Å². The van der Waals surface area contributed by atoms with Gasteiger partial charge in [0.1, 0.15) is 0 Å². The Morgan fingerprint density at radius 3 is 2.65 bits per heavy atom. The standard InChI is InChI=1S/C14H24N2O/c1-11-4-5-13(12(2)8-11)6-7-16(3)10-14(17)9-15/h4-5,8,14,17H,6-7,9-10,15H2,1-3H3. The normalized spacial score (nSPS) is 13.1. The van der Waals surface area contributed by atoms with Crippen LogP contribution in [0.2, 0.25) is 0 Å². The fourth-order valence-corrected chi connectivity index (χ4v) is 1.96. The van der Waals surface area contributed by atoms with E-state index in [9.17, 15) is 5.11 Å². The lowest BCUT2D eigenvalue weighted by molar-refractivity contribution is 0.133. The Labute approximate surface area is 104 Å². The van der Waals surface area contributed by atoms with Gasteiger partial charge in [0.15, 0.2) is 0 Å². The van der Waals surface area contributed by atoms with Gasteiger partial charge < -0.3 is 15.7 Å². The summed E-state index contributed by atoms with van der Waals surface area (Å²) >= 11 is 0. The van der Waals surface area contributed by atoms with Gasteiger partial charge in [-0.2, -0.15) is 0 Å². The molecule has 3 nitrogen and oxygen atoms in total. The van der Waals surface area contributed by atoms with Crippen LogP contribution < -0.4 is 5.73 Å². The lowest BCUT2D eigenvalue weighted by Gasteiger charge is -2.20. The van der Waals surface area contributed by atoms with Crippen LogP contribution in [-0.4, -0.2) is 42.8 Å². The van der Waals surface area contributed by atoms with E-state index in [4.69, 9.17) is 5.73 Å². The lowest BCUT2D eigenvalue weighted by Crippen LogP contribution is -2.35. The summed E-state index contributed by atoms with van der Waals surface area (Å²) in [6.07, 6.45) is 0.596. The second-order valence-corrected chi connectivity index (χ2v) is 4.83. The highest BCUT2D eigenvalue weighted by molar-refractivity contribution is 5.30. The van der Waals surface area contributed by atoms with Crippen LogP contribution in [0, 0.1) is 13.8 Å². The highest BCUT2D eigenvalue weighted by atomic mass is 16.3. The molecule has 0 spiro atoms. The van der Waals surface area contributed by atoms with Crippen LogP contribution in [0.4, 0.5) is 0 Å². The van der Waals surface area contributed by atoms with Crippen LogP contribution in [0.3, 0.4) is 0 Å². The third-order valence-corrected chi connectivity index (χ3v) is 3.06. The fourth-order valence-electron chi connectivity index (χ4n) is 1.96. The summed E-state index contributed by atoms with van der Waals surface area (Å²) in [5.41, 5.74) is 9.42. The van der Waals surface area contributed by atoms with E-state index in [1.807, 2.05) is 7.05 Å². The molecule has 96 valence electrons. The van der Waals surface area contributed by atoms with E-state index in [-0.39, 0.29) is 0 Å². The van der Waals surface area contributed by atoms with Gasteiger partial charge in [-0.05, 0) is 38.4 Å². The molecular formula is C14H24N2O. The number of nitrogens with zero attached hydrogens (tertiary/aromatic N) is 1. The largest absolute Gasteiger partial charge is 0.390 e. The number of aryl methyl sites for hydroxylation is 2. The number of aliphatic hydroxyl groups is 1. The number of aliphatic hydroxyl groups excluding tert-OH is 1. The third-order valence-electron chi connectivity index (χ3n) is 3.06. The second-order valence-electron chi connectivity index (χ2n) is 4.83. The van der Waals surface area contributed by atoms with Crippen molar-refractivity contribution in [3.8, 4) is 0 Å². The van der Waals surface area contributed by atoms with Crippen molar-refractivity contribution >= 4 is 0 Å². The van der Waals surface area contributed by atoms with Crippen LogP contribution in [0.1, 0.15) is 16.7 Å². The van der Waals surface area contributed by atoms with Gasteiger partial charge in [0.25, 0.3) is 0 Å². The number of nitrogens with two attached hydrogens (primary N) is 1. The van der Waals surface area contributed by atoms with Gasteiger partial charge in [-0.15, -0.1) is 0 Å². The first-order valence-corrected chi connectivity index (χ1v) is 6.15. The van der Waals surface area contributed by atoms with Gasteiger partial charge in [0, 0.05) is 19.6 Å². The molecule has 0 heterocycles. The molecule has 0 fully saturated rings. The van der Waals surface area contributed by atoms with Crippen LogP contribution in [0.5, 0.6) is 0 Å². The molecule has 1 rings (SSSR count). The number of hydrogen-bond donors (Lipinski definition) is 2. The van der Waals surface area contributed by atoms with Crippen LogP contribution in [0.25, 0.3) is 0 Å². The van der Waals surface area contributed by atoms with Crippen molar-refractivity contribution < 1.29 is 5.11 Å². The second kappa shape index (κ2) is 6.74. The Bertz CT molecular complexity index is 352. The summed E-state index contributed by atoms with van der Waals surface area (Å²) in [4.78, 5) is 2.12. The Balaban J connectivity index is 2.44. The zero-order valence-corrected chi connectivity index (χ0v) is 11.1. The molecule has 1 atom stereocenters. The van der Waals surface area contributed by atoms with Crippen molar-refractivity contribution in [2.45, 2.75) is 26.4 Å². The summed E-state index contributed by atoms with van der Waals surface area (Å²) in [5, 5.41) is 9.45. The van der Waals surface area contributed by atoms with Crippen molar-refractivity contribution in [3.05, 3.63) is 34.9 Å². The Morgan fingerprint density at radius 2 is 2.06 bits per heavy atom. The Morgan fingerprint density at radius 1 is 1.35 bits per heavy atom. The van der Waals surface area contributed by atoms with Gasteiger partial charge in [0.05, 0.1) is 6.10 Å². The molecule has 0 aromatic heterocycles. The average Bonchev–Trinajstić information content (AvgIpc) is 2.27. The maximum absolute atomic E-state index is 9.45. The van der Waals surface area contributed by atoms with E-state index in [0.29, 0.717) is 13.1 Å². The quantitative estimate of drug-likeness (QED) is 0.777. The molecule has 1 aromatic rings. The molecule has 3 heteroatoms.